The van der Waals surface area contributed by atoms with Crippen LogP contribution in [0.2, 0.25) is 0 Å². The van der Waals surface area contributed by atoms with Gasteiger partial charge in [0.2, 0.25) is 5.82 Å². The Morgan fingerprint density at radius 2 is 2.43 bits per heavy atom. The third-order valence-corrected chi connectivity index (χ3v) is 2.36. The second kappa shape index (κ2) is 3.62. The minimum Gasteiger partial charge on any atom is -0.354 e. The molecule has 4 nitrogen and oxygen atoms in total. The number of nitrogens with zero attached hydrogens (tertiary/aromatic N) is 4. The molecule has 1 fully saturated rings. The Morgan fingerprint density at radius 1 is 1.64 bits per heavy atom. The fourth-order valence-electron chi connectivity index (χ4n) is 1.56. The molecule has 0 saturated heterocycles. The Labute approximate surface area is 83.2 Å². The van der Waals surface area contributed by atoms with Gasteiger partial charge in [0, 0.05) is 18.8 Å². The van der Waals surface area contributed by atoms with Gasteiger partial charge in [-0.3, -0.25) is 0 Å². The molecular formula is C10H12N4. The van der Waals surface area contributed by atoms with Gasteiger partial charge in [-0.1, -0.05) is 0 Å². The summed E-state index contributed by atoms with van der Waals surface area (Å²) >= 11 is 0. The molecule has 1 aromatic heterocycles. The standard InChI is InChI=1S/C10H12N4/c1-2-14(8-3-4-8)10-5-6-12-9(7-11)13-10/h5-6,8H,2-4H2,1H3. The molecule has 4 heteroatoms. The van der Waals surface area contributed by atoms with E-state index in [1.165, 1.54) is 12.8 Å². The number of anilines is 1. The maximum Gasteiger partial charge on any atom is 0.234 e. The summed E-state index contributed by atoms with van der Waals surface area (Å²) in [5.74, 6) is 1.13. The van der Waals surface area contributed by atoms with Crippen LogP contribution in [0.1, 0.15) is 25.6 Å². The number of nitriles is 1. The third kappa shape index (κ3) is 1.67. The van der Waals surface area contributed by atoms with Crippen LogP contribution in [0.4, 0.5) is 5.82 Å². The molecule has 2 rings (SSSR count). The van der Waals surface area contributed by atoms with E-state index in [0.29, 0.717) is 6.04 Å². The lowest BCUT2D eigenvalue weighted by atomic mass is 10.4. The lowest BCUT2D eigenvalue weighted by molar-refractivity contribution is 0.803. The highest BCUT2D eigenvalue weighted by Crippen LogP contribution is 2.29. The zero-order valence-electron chi connectivity index (χ0n) is 8.14. The molecule has 1 heterocycles. The maximum absolute atomic E-state index is 8.68. The second-order valence-electron chi connectivity index (χ2n) is 3.37. The summed E-state index contributed by atoms with van der Waals surface area (Å²) in [6.45, 7) is 3.04. The SMILES string of the molecule is CCN(c1ccnc(C#N)n1)C1CC1. The molecule has 0 spiro atoms. The molecule has 0 aromatic carbocycles. The molecule has 0 unspecified atom stereocenters. The van der Waals surface area contributed by atoms with Gasteiger partial charge in [-0.2, -0.15) is 5.26 Å². The van der Waals surface area contributed by atoms with Gasteiger partial charge >= 0.3 is 0 Å². The quantitative estimate of drug-likeness (QED) is 0.718. The van der Waals surface area contributed by atoms with Gasteiger partial charge < -0.3 is 4.90 Å². The molecule has 1 aliphatic rings. The normalized spacial score (nSPS) is 14.9. The number of hydrogen-bond donors (Lipinski definition) is 0. The highest BCUT2D eigenvalue weighted by Gasteiger charge is 2.28. The number of aromatic nitrogens is 2. The van der Waals surface area contributed by atoms with Crippen LogP contribution in [-0.2, 0) is 0 Å². The molecule has 1 aliphatic carbocycles. The van der Waals surface area contributed by atoms with Crippen molar-refractivity contribution in [2.24, 2.45) is 0 Å². The Kier molecular flexibility index (Phi) is 2.32. The van der Waals surface area contributed by atoms with Crippen LogP contribution in [-0.4, -0.2) is 22.6 Å². The highest BCUT2D eigenvalue weighted by molar-refractivity contribution is 5.41. The first kappa shape index (κ1) is 8.95. The summed E-state index contributed by atoms with van der Waals surface area (Å²) in [6.07, 6.45) is 4.12. The molecular weight excluding hydrogens is 176 g/mol. The van der Waals surface area contributed by atoms with Crippen LogP contribution >= 0.6 is 0 Å². The van der Waals surface area contributed by atoms with E-state index in [0.717, 1.165) is 12.4 Å². The molecule has 0 N–H and O–H groups in total. The average molecular weight is 188 g/mol. The largest absolute Gasteiger partial charge is 0.354 e. The van der Waals surface area contributed by atoms with Crippen molar-refractivity contribution in [3.05, 3.63) is 18.1 Å². The smallest absolute Gasteiger partial charge is 0.234 e. The molecule has 1 aromatic rings. The van der Waals surface area contributed by atoms with Crippen LogP contribution in [0.25, 0.3) is 0 Å². The lowest BCUT2D eigenvalue weighted by Crippen LogP contribution is -2.26. The van der Waals surface area contributed by atoms with E-state index in [1.54, 1.807) is 6.20 Å². The van der Waals surface area contributed by atoms with Crippen molar-refractivity contribution < 1.29 is 0 Å². The van der Waals surface area contributed by atoms with E-state index in [2.05, 4.69) is 21.8 Å². The Bertz CT molecular complexity index is 365. The first-order valence-electron chi connectivity index (χ1n) is 4.85. The molecule has 0 aliphatic heterocycles. The molecule has 0 radical (unpaired) electrons. The van der Waals surface area contributed by atoms with E-state index in [9.17, 15) is 0 Å². The second-order valence-corrected chi connectivity index (χ2v) is 3.37. The van der Waals surface area contributed by atoms with Crippen molar-refractivity contribution >= 4 is 5.82 Å². The molecule has 1 saturated carbocycles. The minimum absolute atomic E-state index is 0.251. The zero-order valence-corrected chi connectivity index (χ0v) is 8.14. The summed E-state index contributed by atoms with van der Waals surface area (Å²) in [7, 11) is 0. The van der Waals surface area contributed by atoms with E-state index < -0.39 is 0 Å². The topological polar surface area (TPSA) is 52.8 Å². The lowest BCUT2D eigenvalue weighted by Gasteiger charge is -2.20. The average Bonchev–Trinajstić information content (AvgIpc) is 3.04. The van der Waals surface area contributed by atoms with Gasteiger partial charge in [0.25, 0.3) is 0 Å². The summed E-state index contributed by atoms with van der Waals surface area (Å²) < 4.78 is 0. The van der Waals surface area contributed by atoms with Crippen LogP contribution in [0, 0.1) is 11.3 Å². The Balaban J connectivity index is 2.25. The van der Waals surface area contributed by atoms with Gasteiger partial charge in [0.15, 0.2) is 0 Å². The first-order chi connectivity index (χ1) is 6.85. The molecule has 14 heavy (non-hydrogen) atoms. The maximum atomic E-state index is 8.68. The van der Waals surface area contributed by atoms with E-state index in [-0.39, 0.29) is 5.82 Å². The molecule has 0 bridgehead atoms. The van der Waals surface area contributed by atoms with Crippen LogP contribution in [0.15, 0.2) is 12.3 Å². The molecule has 72 valence electrons. The summed E-state index contributed by atoms with van der Waals surface area (Å²) in [6, 6.07) is 4.45. The van der Waals surface area contributed by atoms with Crippen molar-refractivity contribution in [1.29, 1.82) is 5.26 Å². The number of hydrogen-bond acceptors (Lipinski definition) is 4. The van der Waals surface area contributed by atoms with Crippen LogP contribution < -0.4 is 4.90 Å². The van der Waals surface area contributed by atoms with Crippen molar-refractivity contribution in [1.82, 2.24) is 9.97 Å². The van der Waals surface area contributed by atoms with Gasteiger partial charge in [-0.05, 0) is 25.8 Å². The monoisotopic (exact) mass is 188 g/mol. The fourth-order valence-corrected chi connectivity index (χ4v) is 1.56. The summed E-state index contributed by atoms with van der Waals surface area (Å²) in [5, 5.41) is 8.68. The Morgan fingerprint density at radius 3 is 3.00 bits per heavy atom. The summed E-state index contributed by atoms with van der Waals surface area (Å²) in [4.78, 5) is 10.3. The van der Waals surface area contributed by atoms with Gasteiger partial charge in [0.05, 0.1) is 0 Å². The Hall–Kier alpha value is -1.63. The van der Waals surface area contributed by atoms with Crippen molar-refractivity contribution in [2.45, 2.75) is 25.8 Å². The zero-order chi connectivity index (χ0) is 9.97. The molecule has 0 atom stereocenters. The van der Waals surface area contributed by atoms with E-state index >= 15 is 0 Å². The van der Waals surface area contributed by atoms with Gasteiger partial charge in [0.1, 0.15) is 11.9 Å². The molecule has 0 amide bonds. The third-order valence-electron chi connectivity index (χ3n) is 2.36. The first-order valence-corrected chi connectivity index (χ1v) is 4.85. The van der Waals surface area contributed by atoms with Crippen molar-refractivity contribution in [3.8, 4) is 6.07 Å². The fraction of sp³-hybridized carbons (Fsp3) is 0.500. The minimum atomic E-state index is 0.251. The highest BCUT2D eigenvalue weighted by atomic mass is 15.2. The van der Waals surface area contributed by atoms with E-state index in [4.69, 9.17) is 5.26 Å². The van der Waals surface area contributed by atoms with Gasteiger partial charge in [-0.15, -0.1) is 0 Å². The predicted octanol–water partition coefficient (Wildman–Crippen LogP) is 1.34. The predicted molar refractivity (Wildman–Crippen MR) is 52.8 cm³/mol. The number of rotatable bonds is 3. The van der Waals surface area contributed by atoms with E-state index in [1.807, 2.05) is 12.1 Å². The van der Waals surface area contributed by atoms with Crippen molar-refractivity contribution in [2.75, 3.05) is 11.4 Å². The van der Waals surface area contributed by atoms with Crippen LogP contribution in [0.5, 0.6) is 0 Å². The van der Waals surface area contributed by atoms with Crippen LogP contribution in [0.3, 0.4) is 0 Å². The van der Waals surface area contributed by atoms with Crippen molar-refractivity contribution in [3.63, 3.8) is 0 Å². The summed E-state index contributed by atoms with van der Waals surface area (Å²) in [5.41, 5.74) is 0. The van der Waals surface area contributed by atoms with Gasteiger partial charge in [-0.25, -0.2) is 9.97 Å².